The van der Waals surface area contributed by atoms with Gasteiger partial charge in [0.25, 0.3) is 0 Å². The lowest BCUT2D eigenvalue weighted by Gasteiger charge is -2.22. The van der Waals surface area contributed by atoms with Crippen molar-refractivity contribution in [2.45, 2.75) is 12.0 Å². The van der Waals surface area contributed by atoms with E-state index in [1.807, 2.05) is 36.4 Å². The van der Waals surface area contributed by atoms with Gasteiger partial charge in [0.2, 0.25) is 12.7 Å². The number of hydrogen-bond acceptors (Lipinski definition) is 6. The Morgan fingerprint density at radius 2 is 1.93 bits per heavy atom. The average Bonchev–Trinajstić information content (AvgIpc) is 3.45. The van der Waals surface area contributed by atoms with E-state index in [2.05, 4.69) is 4.98 Å². The van der Waals surface area contributed by atoms with Gasteiger partial charge >= 0.3 is 0 Å². The number of para-hydroxylation sites is 1. The smallest absolute Gasteiger partial charge is 0.246 e. The summed E-state index contributed by atoms with van der Waals surface area (Å²) in [6.45, 7) is 0.844. The van der Waals surface area contributed by atoms with Gasteiger partial charge in [0.1, 0.15) is 17.8 Å². The maximum Gasteiger partial charge on any atom is 0.246 e. The van der Waals surface area contributed by atoms with Crippen molar-refractivity contribution >= 4 is 34.5 Å². The average molecular weight is 413 g/mol. The Balaban J connectivity index is 1.51. The van der Waals surface area contributed by atoms with Gasteiger partial charge in [-0.25, -0.2) is 4.98 Å². The molecule has 1 unspecified atom stereocenters. The Kier molecular flexibility index (Phi) is 3.25. The minimum Gasteiger partial charge on any atom is -0.491 e. The molecule has 1 spiro atoms. The Morgan fingerprint density at radius 1 is 1.11 bits per heavy atom. The number of hydrogen-bond donors (Lipinski definition) is 0. The lowest BCUT2D eigenvalue weighted by Crippen LogP contribution is -2.42. The van der Waals surface area contributed by atoms with Crippen molar-refractivity contribution < 1.29 is 19.0 Å². The van der Waals surface area contributed by atoms with E-state index in [1.165, 1.54) is 11.3 Å². The van der Waals surface area contributed by atoms with Gasteiger partial charge in [0, 0.05) is 28.4 Å². The molecule has 0 aliphatic carbocycles. The maximum absolute atomic E-state index is 13.8. The van der Waals surface area contributed by atoms with E-state index in [1.54, 1.807) is 11.1 Å². The number of amides is 1. The molecule has 0 N–H and O–H groups in total. The summed E-state index contributed by atoms with van der Waals surface area (Å²) in [7, 11) is 0. The van der Waals surface area contributed by atoms with Gasteiger partial charge in [-0.15, -0.1) is 11.3 Å². The van der Waals surface area contributed by atoms with Crippen LogP contribution in [-0.2, 0) is 16.8 Å². The quantitative estimate of drug-likeness (QED) is 0.641. The van der Waals surface area contributed by atoms with Crippen LogP contribution in [-0.4, -0.2) is 24.3 Å². The molecule has 6 nitrogen and oxygen atoms in total. The molecule has 1 atom stereocenters. The third-order valence-electron chi connectivity index (χ3n) is 5.48. The SMILES string of the molecule is O=C1N(Cc2cnc(Cl)s2)c2ccccc2C12COc1cc3c(cc12)OCO3. The molecular weight excluding hydrogens is 400 g/mol. The first-order valence-corrected chi connectivity index (χ1v) is 9.95. The molecule has 3 aromatic rings. The van der Waals surface area contributed by atoms with Crippen LogP contribution in [0.4, 0.5) is 5.69 Å². The number of benzene rings is 2. The number of ether oxygens (including phenoxy) is 3. The molecule has 0 bridgehead atoms. The van der Waals surface area contributed by atoms with Crippen LogP contribution in [0.1, 0.15) is 16.0 Å². The number of anilines is 1. The molecular formula is C20H13ClN2O4S. The van der Waals surface area contributed by atoms with Gasteiger partial charge in [-0.3, -0.25) is 4.79 Å². The van der Waals surface area contributed by atoms with Crippen molar-refractivity contribution in [3.05, 3.63) is 63.1 Å². The molecule has 2 aromatic carbocycles. The van der Waals surface area contributed by atoms with Gasteiger partial charge in [-0.1, -0.05) is 29.8 Å². The molecule has 1 amide bonds. The maximum atomic E-state index is 13.8. The summed E-state index contributed by atoms with van der Waals surface area (Å²) < 4.78 is 17.5. The van der Waals surface area contributed by atoms with E-state index in [-0.39, 0.29) is 19.3 Å². The van der Waals surface area contributed by atoms with E-state index in [4.69, 9.17) is 25.8 Å². The third kappa shape index (κ3) is 2.03. The normalized spacial score (nSPS) is 21.2. The number of fused-ring (bicyclic) bond motifs is 5. The molecule has 0 saturated carbocycles. The summed E-state index contributed by atoms with van der Waals surface area (Å²) in [5.74, 6) is 1.93. The fourth-order valence-corrected chi connectivity index (χ4v) is 5.20. The van der Waals surface area contributed by atoms with Crippen molar-refractivity contribution in [3.63, 3.8) is 0 Å². The van der Waals surface area contributed by atoms with Crippen molar-refractivity contribution in [1.82, 2.24) is 4.98 Å². The van der Waals surface area contributed by atoms with Crippen molar-refractivity contribution in [2.24, 2.45) is 0 Å². The summed E-state index contributed by atoms with van der Waals surface area (Å²) in [6.07, 6.45) is 1.71. The first-order chi connectivity index (χ1) is 13.7. The lowest BCUT2D eigenvalue weighted by atomic mass is 9.77. The molecule has 0 radical (unpaired) electrons. The first kappa shape index (κ1) is 16.2. The molecule has 0 fully saturated rings. The highest BCUT2D eigenvalue weighted by molar-refractivity contribution is 7.15. The molecule has 0 saturated heterocycles. The molecule has 140 valence electrons. The van der Waals surface area contributed by atoms with Crippen LogP contribution in [0, 0.1) is 0 Å². The van der Waals surface area contributed by atoms with Crippen LogP contribution in [0.25, 0.3) is 0 Å². The van der Waals surface area contributed by atoms with Gasteiger partial charge in [-0.2, -0.15) is 0 Å². The second kappa shape index (κ2) is 5.62. The van der Waals surface area contributed by atoms with Crippen LogP contribution < -0.4 is 19.1 Å². The topological polar surface area (TPSA) is 60.9 Å². The number of rotatable bonds is 2. The van der Waals surface area contributed by atoms with Gasteiger partial charge in [-0.05, 0) is 17.7 Å². The van der Waals surface area contributed by atoms with Crippen molar-refractivity contribution in [3.8, 4) is 17.2 Å². The molecule has 3 aliphatic rings. The van der Waals surface area contributed by atoms with Crippen LogP contribution in [0.5, 0.6) is 17.2 Å². The predicted octanol–water partition coefficient (Wildman–Crippen LogP) is 3.75. The number of carbonyl (C=O) groups is 1. The number of aromatic nitrogens is 1. The van der Waals surface area contributed by atoms with E-state index in [9.17, 15) is 4.79 Å². The second-order valence-electron chi connectivity index (χ2n) is 6.88. The Hall–Kier alpha value is -2.77. The van der Waals surface area contributed by atoms with Crippen LogP contribution in [0.3, 0.4) is 0 Å². The Morgan fingerprint density at radius 3 is 2.75 bits per heavy atom. The van der Waals surface area contributed by atoms with Crippen LogP contribution >= 0.6 is 22.9 Å². The molecule has 6 rings (SSSR count). The van der Waals surface area contributed by atoms with Gasteiger partial charge < -0.3 is 19.1 Å². The molecule has 1 aromatic heterocycles. The van der Waals surface area contributed by atoms with Crippen LogP contribution in [0.15, 0.2) is 42.6 Å². The highest BCUT2D eigenvalue weighted by atomic mass is 35.5. The zero-order valence-corrected chi connectivity index (χ0v) is 16.0. The zero-order chi connectivity index (χ0) is 18.9. The molecule has 3 aliphatic heterocycles. The molecule has 4 heterocycles. The monoisotopic (exact) mass is 412 g/mol. The second-order valence-corrected chi connectivity index (χ2v) is 8.58. The molecule has 28 heavy (non-hydrogen) atoms. The van der Waals surface area contributed by atoms with Gasteiger partial charge in [0.15, 0.2) is 16.0 Å². The summed E-state index contributed by atoms with van der Waals surface area (Å²) in [6, 6.07) is 11.5. The number of carbonyl (C=O) groups excluding carboxylic acids is 1. The minimum atomic E-state index is -0.888. The van der Waals surface area contributed by atoms with E-state index in [0.717, 1.165) is 21.7 Å². The van der Waals surface area contributed by atoms with Crippen molar-refractivity contribution in [2.75, 3.05) is 18.3 Å². The van der Waals surface area contributed by atoms with Crippen LogP contribution in [0.2, 0.25) is 4.47 Å². The largest absolute Gasteiger partial charge is 0.491 e. The van der Waals surface area contributed by atoms with Gasteiger partial charge in [0.05, 0.1) is 6.54 Å². The highest BCUT2D eigenvalue weighted by Crippen LogP contribution is 2.55. The zero-order valence-electron chi connectivity index (χ0n) is 14.5. The number of halogens is 1. The van der Waals surface area contributed by atoms with E-state index >= 15 is 0 Å². The van der Waals surface area contributed by atoms with E-state index < -0.39 is 5.41 Å². The summed E-state index contributed by atoms with van der Waals surface area (Å²) in [5, 5.41) is 0. The summed E-state index contributed by atoms with van der Waals surface area (Å²) in [5.41, 5.74) is 1.75. The summed E-state index contributed by atoms with van der Waals surface area (Å²) in [4.78, 5) is 20.6. The Labute approximate surface area is 169 Å². The fourth-order valence-electron chi connectivity index (χ4n) is 4.23. The Bertz CT molecular complexity index is 1150. The molecule has 8 heteroatoms. The minimum absolute atomic E-state index is 0.0177. The highest BCUT2D eigenvalue weighted by Gasteiger charge is 2.57. The first-order valence-electron chi connectivity index (χ1n) is 8.75. The number of nitrogens with zero attached hydrogens (tertiary/aromatic N) is 2. The summed E-state index contributed by atoms with van der Waals surface area (Å²) >= 11 is 7.36. The van der Waals surface area contributed by atoms with E-state index in [0.29, 0.717) is 28.3 Å². The standard InChI is InChI=1S/C20H13ClN2O4S/c21-19-22-7-11(28-19)8-23-14-4-2-1-3-12(14)20(18(23)24)9-25-15-6-17-16(5-13(15)20)26-10-27-17/h1-7H,8-10H2. The third-order valence-corrected chi connectivity index (χ3v) is 6.58. The lowest BCUT2D eigenvalue weighted by molar-refractivity contribution is -0.122. The predicted molar refractivity (Wildman–Crippen MR) is 104 cm³/mol. The number of thiazole rings is 1. The fraction of sp³-hybridized carbons (Fsp3) is 0.200. The van der Waals surface area contributed by atoms with Crippen molar-refractivity contribution in [1.29, 1.82) is 0 Å².